The minimum atomic E-state index is -0.995. The van der Waals surface area contributed by atoms with Crippen molar-refractivity contribution in [2.45, 2.75) is 47.5 Å². The van der Waals surface area contributed by atoms with Crippen LogP contribution in [0.4, 0.5) is 0 Å². The lowest BCUT2D eigenvalue weighted by Crippen LogP contribution is -2.27. The molecular weight excluding hydrogens is 240 g/mol. The van der Waals surface area contributed by atoms with Gasteiger partial charge in [-0.05, 0) is 56.9 Å². The van der Waals surface area contributed by atoms with E-state index in [1.807, 2.05) is 26.8 Å². The highest BCUT2D eigenvalue weighted by atomic mass is 16.4. The lowest BCUT2D eigenvalue weighted by atomic mass is 9.85. The zero-order valence-corrected chi connectivity index (χ0v) is 12.3. The summed E-state index contributed by atoms with van der Waals surface area (Å²) < 4.78 is 0. The Kier molecular flexibility index (Phi) is 4.51. The summed E-state index contributed by atoms with van der Waals surface area (Å²) in [7, 11) is 0. The predicted molar refractivity (Wildman–Crippen MR) is 75.4 cm³/mol. The molecule has 0 spiro atoms. The van der Waals surface area contributed by atoms with Crippen molar-refractivity contribution in [2.24, 2.45) is 5.41 Å². The fourth-order valence-electron chi connectivity index (χ4n) is 2.05. The molecule has 104 valence electrons. The topological polar surface area (TPSA) is 54.4 Å². The van der Waals surface area contributed by atoms with Gasteiger partial charge in [0.2, 0.25) is 0 Å². The van der Waals surface area contributed by atoms with Gasteiger partial charge >= 0.3 is 5.97 Å². The van der Waals surface area contributed by atoms with Crippen LogP contribution in [0.15, 0.2) is 12.1 Å². The van der Waals surface area contributed by atoms with Gasteiger partial charge in [-0.2, -0.15) is 0 Å². The number of rotatable bonds is 5. The Morgan fingerprint density at radius 1 is 1.05 bits per heavy atom. The van der Waals surface area contributed by atoms with Crippen LogP contribution < -0.4 is 0 Å². The lowest BCUT2D eigenvalue weighted by molar-refractivity contribution is -0.149. The van der Waals surface area contributed by atoms with Crippen LogP contribution in [0.25, 0.3) is 0 Å². The van der Waals surface area contributed by atoms with E-state index in [0.29, 0.717) is 6.42 Å². The molecule has 0 aliphatic carbocycles. The molecule has 0 amide bonds. The van der Waals surface area contributed by atoms with E-state index in [9.17, 15) is 9.59 Å². The molecule has 0 bridgehead atoms. The fraction of sp³-hybridized carbons (Fsp3) is 0.500. The Bertz CT molecular complexity index is 513. The van der Waals surface area contributed by atoms with Crippen LogP contribution in [0, 0.1) is 26.2 Å². The number of aliphatic carboxylic acids is 1. The Labute approximate surface area is 114 Å². The highest BCUT2D eigenvalue weighted by molar-refractivity contribution is 5.87. The van der Waals surface area contributed by atoms with E-state index in [-0.39, 0.29) is 12.2 Å². The first-order valence-electron chi connectivity index (χ1n) is 6.45. The van der Waals surface area contributed by atoms with Crippen molar-refractivity contribution in [3.05, 3.63) is 34.4 Å². The summed E-state index contributed by atoms with van der Waals surface area (Å²) in [5.41, 5.74) is 3.45. The van der Waals surface area contributed by atoms with E-state index in [0.717, 1.165) is 16.7 Å². The van der Waals surface area contributed by atoms with Gasteiger partial charge in [0.25, 0.3) is 0 Å². The Balaban J connectivity index is 2.84. The molecule has 1 aromatic carbocycles. The third-order valence-electron chi connectivity index (χ3n) is 3.56. The Hall–Kier alpha value is -1.64. The number of hydrogen-bond acceptors (Lipinski definition) is 2. The zero-order valence-electron chi connectivity index (χ0n) is 12.3. The second-order valence-corrected chi connectivity index (χ2v) is 5.94. The summed E-state index contributed by atoms with van der Waals surface area (Å²) in [5, 5.41) is 9.04. The molecule has 19 heavy (non-hydrogen) atoms. The molecule has 0 unspecified atom stereocenters. The molecule has 1 rings (SSSR count). The van der Waals surface area contributed by atoms with Crippen molar-refractivity contribution in [3.8, 4) is 0 Å². The second-order valence-electron chi connectivity index (χ2n) is 5.94. The molecule has 0 aliphatic rings. The number of carbonyl (C=O) groups is 2. The number of carboxylic acid groups (broad SMARTS) is 1. The Morgan fingerprint density at radius 2 is 1.58 bits per heavy atom. The standard InChI is InChI=1S/C16H22O3/c1-10-6-12(3)13(7-11(10)2)8-14(17)9-16(4,5)15(18)19/h6-7H,8-9H2,1-5H3,(H,18,19). The molecule has 3 heteroatoms. The quantitative estimate of drug-likeness (QED) is 0.886. The number of Topliss-reactive ketones (excluding diaryl/α,β-unsaturated/α-hetero) is 1. The van der Waals surface area contributed by atoms with Crippen molar-refractivity contribution >= 4 is 11.8 Å². The van der Waals surface area contributed by atoms with Crippen LogP contribution in [0.3, 0.4) is 0 Å². The molecule has 0 radical (unpaired) electrons. The van der Waals surface area contributed by atoms with E-state index in [2.05, 4.69) is 6.07 Å². The van der Waals surface area contributed by atoms with Crippen LogP contribution in [0.1, 0.15) is 42.5 Å². The zero-order chi connectivity index (χ0) is 14.8. The lowest BCUT2D eigenvalue weighted by Gasteiger charge is -2.18. The monoisotopic (exact) mass is 262 g/mol. The van der Waals surface area contributed by atoms with E-state index < -0.39 is 11.4 Å². The molecule has 0 atom stereocenters. The van der Waals surface area contributed by atoms with Gasteiger partial charge in [-0.25, -0.2) is 0 Å². The minimum Gasteiger partial charge on any atom is -0.481 e. The molecule has 0 fully saturated rings. The molecule has 1 aromatic rings. The van der Waals surface area contributed by atoms with Crippen molar-refractivity contribution in [3.63, 3.8) is 0 Å². The molecule has 0 aromatic heterocycles. The highest BCUT2D eigenvalue weighted by Crippen LogP contribution is 2.23. The number of hydrogen-bond donors (Lipinski definition) is 1. The molecule has 0 aliphatic heterocycles. The van der Waals surface area contributed by atoms with Crippen molar-refractivity contribution in [1.29, 1.82) is 0 Å². The minimum absolute atomic E-state index is 0.0289. The Morgan fingerprint density at radius 3 is 2.11 bits per heavy atom. The SMILES string of the molecule is Cc1cc(C)c(CC(=O)CC(C)(C)C(=O)O)cc1C. The van der Waals surface area contributed by atoms with Gasteiger partial charge in [0.1, 0.15) is 5.78 Å². The van der Waals surface area contributed by atoms with E-state index in [1.165, 1.54) is 5.56 Å². The molecule has 3 nitrogen and oxygen atoms in total. The summed E-state index contributed by atoms with van der Waals surface area (Å²) in [5.74, 6) is -0.962. The number of ketones is 1. The fourth-order valence-corrected chi connectivity index (χ4v) is 2.05. The smallest absolute Gasteiger partial charge is 0.309 e. The van der Waals surface area contributed by atoms with Crippen molar-refractivity contribution in [2.75, 3.05) is 0 Å². The van der Waals surface area contributed by atoms with Gasteiger partial charge in [0.15, 0.2) is 0 Å². The van der Waals surface area contributed by atoms with Crippen molar-refractivity contribution < 1.29 is 14.7 Å². The number of aryl methyl sites for hydroxylation is 3. The maximum absolute atomic E-state index is 12.0. The van der Waals surface area contributed by atoms with E-state index in [1.54, 1.807) is 13.8 Å². The summed E-state index contributed by atoms with van der Waals surface area (Å²) in [6.07, 6.45) is 0.373. The largest absolute Gasteiger partial charge is 0.481 e. The van der Waals surface area contributed by atoms with Gasteiger partial charge in [0.05, 0.1) is 5.41 Å². The molecular formula is C16H22O3. The van der Waals surface area contributed by atoms with Crippen LogP contribution >= 0.6 is 0 Å². The normalized spacial score (nSPS) is 11.4. The van der Waals surface area contributed by atoms with Crippen LogP contribution in [-0.4, -0.2) is 16.9 Å². The first-order valence-corrected chi connectivity index (χ1v) is 6.45. The van der Waals surface area contributed by atoms with Gasteiger partial charge in [0, 0.05) is 12.8 Å². The van der Waals surface area contributed by atoms with Gasteiger partial charge in [-0.1, -0.05) is 12.1 Å². The van der Waals surface area contributed by atoms with Gasteiger partial charge < -0.3 is 5.11 Å². The average molecular weight is 262 g/mol. The summed E-state index contributed by atoms with van der Waals surface area (Å²) in [6, 6.07) is 4.09. The molecule has 1 N–H and O–H groups in total. The van der Waals surface area contributed by atoms with E-state index >= 15 is 0 Å². The molecule has 0 saturated carbocycles. The number of carboxylic acids is 1. The number of carbonyl (C=O) groups excluding carboxylic acids is 1. The maximum atomic E-state index is 12.0. The third kappa shape index (κ3) is 3.91. The first-order chi connectivity index (χ1) is 8.63. The third-order valence-corrected chi connectivity index (χ3v) is 3.56. The summed E-state index contributed by atoms with van der Waals surface area (Å²) >= 11 is 0. The summed E-state index contributed by atoms with van der Waals surface area (Å²) in [6.45, 7) is 9.21. The maximum Gasteiger partial charge on any atom is 0.309 e. The summed E-state index contributed by atoms with van der Waals surface area (Å²) in [4.78, 5) is 23.0. The van der Waals surface area contributed by atoms with Gasteiger partial charge in [-0.3, -0.25) is 9.59 Å². The number of benzene rings is 1. The molecule has 0 saturated heterocycles. The molecule has 0 heterocycles. The second kappa shape index (κ2) is 5.55. The average Bonchev–Trinajstić information content (AvgIpc) is 2.24. The van der Waals surface area contributed by atoms with Crippen LogP contribution in [0.2, 0.25) is 0 Å². The van der Waals surface area contributed by atoms with Crippen LogP contribution in [-0.2, 0) is 16.0 Å². The van der Waals surface area contributed by atoms with Gasteiger partial charge in [-0.15, -0.1) is 0 Å². The highest BCUT2D eigenvalue weighted by Gasteiger charge is 2.30. The first kappa shape index (κ1) is 15.4. The van der Waals surface area contributed by atoms with Crippen molar-refractivity contribution in [1.82, 2.24) is 0 Å². The van der Waals surface area contributed by atoms with Crippen LogP contribution in [0.5, 0.6) is 0 Å². The predicted octanol–water partition coefficient (Wildman–Crippen LogP) is 3.22. The van der Waals surface area contributed by atoms with E-state index in [4.69, 9.17) is 5.11 Å².